The zero-order valence-electron chi connectivity index (χ0n) is 22.4. The maximum atomic E-state index is 13.3. The number of amides is 4. The lowest BCUT2D eigenvalue weighted by atomic mass is 10.0. The molecule has 11 heteroatoms. The van der Waals surface area contributed by atoms with Crippen LogP contribution in [0.25, 0.3) is 0 Å². The number of carbonyl (C=O) groups is 4. The lowest BCUT2D eigenvalue weighted by molar-refractivity contribution is -0.158. The minimum absolute atomic E-state index is 0.0808. The summed E-state index contributed by atoms with van der Waals surface area (Å²) < 4.78 is 12.0. The number of ether oxygens (including phenoxy) is 2. The number of benzene rings is 1. The van der Waals surface area contributed by atoms with Gasteiger partial charge in [-0.25, -0.2) is 4.79 Å². The molecule has 5 rings (SSSR count). The van der Waals surface area contributed by atoms with E-state index in [2.05, 4.69) is 19.6 Å². The predicted octanol–water partition coefficient (Wildman–Crippen LogP) is 3.38. The van der Waals surface area contributed by atoms with Crippen LogP contribution in [0.3, 0.4) is 0 Å². The van der Waals surface area contributed by atoms with Crippen molar-refractivity contribution in [3.8, 4) is 5.75 Å². The molecular formula is C27H37N3O7Si. The molecule has 0 aromatic heterocycles. The topological polar surface area (TPSA) is 117 Å². The van der Waals surface area contributed by atoms with Crippen molar-refractivity contribution in [3.63, 3.8) is 0 Å². The van der Waals surface area contributed by atoms with Crippen molar-refractivity contribution in [2.75, 3.05) is 19.9 Å². The fraction of sp³-hybridized carbons (Fsp3) is 0.630. The highest BCUT2D eigenvalue weighted by molar-refractivity contribution is 6.76. The fourth-order valence-electron chi connectivity index (χ4n) is 6.20. The van der Waals surface area contributed by atoms with E-state index in [1.54, 1.807) is 17.0 Å². The number of likely N-dealkylation sites (tertiary alicyclic amines) is 2. The van der Waals surface area contributed by atoms with Gasteiger partial charge in [-0.3, -0.25) is 19.3 Å². The highest BCUT2D eigenvalue weighted by atomic mass is 28.3. The highest BCUT2D eigenvalue weighted by Crippen LogP contribution is 2.40. The molecule has 2 saturated heterocycles. The van der Waals surface area contributed by atoms with E-state index in [0.29, 0.717) is 36.8 Å². The van der Waals surface area contributed by atoms with Crippen LogP contribution in [0.5, 0.6) is 5.75 Å². The van der Waals surface area contributed by atoms with E-state index in [9.17, 15) is 24.3 Å². The number of rotatable bonds is 8. The third-order valence-corrected chi connectivity index (χ3v) is 10.0. The molecule has 0 radical (unpaired) electrons. The first kappa shape index (κ1) is 26.7. The second-order valence-electron chi connectivity index (χ2n) is 12.1. The lowest BCUT2D eigenvalue weighted by Gasteiger charge is -2.35. The third-order valence-electron chi connectivity index (χ3n) is 8.31. The van der Waals surface area contributed by atoms with Crippen LogP contribution in [0, 0.1) is 5.92 Å². The van der Waals surface area contributed by atoms with Crippen LogP contribution in [-0.4, -0.2) is 89.8 Å². The van der Waals surface area contributed by atoms with E-state index in [4.69, 9.17) is 9.47 Å². The summed E-state index contributed by atoms with van der Waals surface area (Å²) in [6.07, 6.45) is 1.95. The number of carbonyl (C=O) groups excluding carboxylic acids is 3. The van der Waals surface area contributed by atoms with Crippen LogP contribution in [0.2, 0.25) is 25.7 Å². The molecule has 206 valence electrons. The molecule has 0 spiro atoms. The van der Waals surface area contributed by atoms with Crippen LogP contribution in [0.15, 0.2) is 18.2 Å². The van der Waals surface area contributed by atoms with E-state index in [1.807, 2.05) is 6.07 Å². The first-order valence-corrected chi connectivity index (χ1v) is 17.3. The lowest BCUT2D eigenvalue weighted by Crippen LogP contribution is -2.55. The van der Waals surface area contributed by atoms with Crippen LogP contribution in [-0.2, 0) is 20.9 Å². The smallest absolute Gasteiger partial charge is 0.407 e. The second kappa shape index (κ2) is 10.3. The van der Waals surface area contributed by atoms with E-state index in [-0.39, 0.29) is 49.6 Å². The van der Waals surface area contributed by atoms with Crippen LogP contribution < -0.4 is 4.74 Å². The number of piperidine rings is 1. The SMILES string of the molecule is C[Si](C)(C)CCOCN1C(=O)CCC(N2Cc3cc(O[C@H]4CC[C@@H]5CCN(C(=O)O)[C@@H]54)ccc3C2=O)C1=O. The first-order valence-electron chi connectivity index (χ1n) is 13.6. The molecule has 4 amide bonds. The van der Waals surface area contributed by atoms with Gasteiger partial charge in [-0.1, -0.05) is 19.6 Å². The predicted molar refractivity (Wildman–Crippen MR) is 140 cm³/mol. The molecule has 3 aliphatic heterocycles. The summed E-state index contributed by atoms with van der Waals surface area (Å²) in [7, 11) is -1.29. The summed E-state index contributed by atoms with van der Waals surface area (Å²) in [6, 6.07) is 5.38. The van der Waals surface area contributed by atoms with Gasteiger partial charge >= 0.3 is 6.09 Å². The molecule has 4 aliphatic rings. The van der Waals surface area contributed by atoms with Gasteiger partial charge < -0.3 is 24.4 Å². The molecule has 10 nitrogen and oxygen atoms in total. The molecule has 1 aromatic carbocycles. The molecule has 38 heavy (non-hydrogen) atoms. The average molecular weight is 544 g/mol. The van der Waals surface area contributed by atoms with Crippen molar-refractivity contribution >= 4 is 31.9 Å². The normalized spacial score (nSPS) is 27.2. The van der Waals surface area contributed by atoms with Crippen molar-refractivity contribution in [2.24, 2.45) is 5.92 Å². The van der Waals surface area contributed by atoms with Crippen molar-refractivity contribution in [2.45, 2.75) is 82.5 Å². The van der Waals surface area contributed by atoms with E-state index in [0.717, 1.165) is 35.8 Å². The minimum Gasteiger partial charge on any atom is -0.488 e. The van der Waals surface area contributed by atoms with Gasteiger partial charge in [0.25, 0.3) is 11.8 Å². The summed E-state index contributed by atoms with van der Waals surface area (Å²) in [5.41, 5.74) is 1.29. The fourth-order valence-corrected chi connectivity index (χ4v) is 6.96. The van der Waals surface area contributed by atoms with E-state index >= 15 is 0 Å². The summed E-state index contributed by atoms with van der Waals surface area (Å²) >= 11 is 0. The Morgan fingerprint density at radius 3 is 2.63 bits per heavy atom. The largest absolute Gasteiger partial charge is 0.488 e. The zero-order chi connectivity index (χ0) is 27.2. The van der Waals surface area contributed by atoms with Gasteiger partial charge in [0, 0.05) is 39.8 Å². The van der Waals surface area contributed by atoms with Crippen LogP contribution >= 0.6 is 0 Å². The van der Waals surface area contributed by atoms with Gasteiger partial charge in [-0.15, -0.1) is 0 Å². The van der Waals surface area contributed by atoms with Gasteiger partial charge in [0.05, 0.1) is 6.04 Å². The van der Waals surface area contributed by atoms with E-state index in [1.165, 1.54) is 4.90 Å². The van der Waals surface area contributed by atoms with Gasteiger partial charge in [0.1, 0.15) is 24.6 Å². The monoisotopic (exact) mass is 543 g/mol. The number of nitrogens with zero attached hydrogens (tertiary/aromatic N) is 3. The first-order chi connectivity index (χ1) is 18.0. The van der Waals surface area contributed by atoms with Crippen molar-refractivity contribution < 1.29 is 33.8 Å². The van der Waals surface area contributed by atoms with Crippen LogP contribution in [0.4, 0.5) is 4.79 Å². The summed E-state index contributed by atoms with van der Waals surface area (Å²) in [5, 5.41) is 9.57. The van der Waals surface area contributed by atoms with E-state index < -0.39 is 20.2 Å². The molecule has 1 aromatic rings. The van der Waals surface area contributed by atoms with Gasteiger partial charge in [-0.05, 0) is 61.4 Å². The number of carboxylic acid groups (broad SMARTS) is 1. The Labute approximate surface area is 223 Å². The molecule has 3 heterocycles. The Hall–Kier alpha value is -2.92. The Bertz CT molecular complexity index is 1140. The second-order valence-corrected chi connectivity index (χ2v) is 17.7. The molecule has 0 bridgehead atoms. The molecule has 1 N–H and O–H groups in total. The molecule has 4 atom stereocenters. The highest BCUT2D eigenvalue weighted by Gasteiger charge is 2.48. The number of fused-ring (bicyclic) bond motifs is 2. The maximum Gasteiger partial charge on any atom is 0.407 e. The third kappa shape index (κ3) is 5.18. The number of imide groups is 1. The van der Waals surface area contributed by atoms with Gasteiger partial charge in [0.15, 0.2) is 0 Å². The zero-order valence-corrected chi connectivity index (χ0v) is 23.4. The van der Waals surface area contributed by atoms with Crippen molar-refractivity contribution in [1.29, 1.82) is 0 Å². The Kier molecular flexibility index (Phi) is 7.25. The standard InChI is InChI=1S/C27H37N3O7Si/c1-38(2,3)13-12-36-16-30-23(31)9-7-21(26(30)33)29-15-18-14-19(5-6-20(18)25(29)32)37-22-8-4-17-10-11-28(24(17)22)27(34)35/h5-6,14,17,21-22,24H,4,7-13,15-16H2,1-3H3,(H,34,35)/t17-,21?,22+,24+/m1/s1. The summed E-state index contributed by atoms with van der Waals surface area (Å²) in [5.74, 6) is 0.0386. The Balaban J connectivity index is 1.24. The number of hydrogen-bond acceptors (Lipinski definition) is 6. The Morgan fingerprint density at radius 2 is 1.89 bits per heavy atom. The average Bonchev–Trinajstić information content (AvgIpc) is 3.53. The Morgan fingerprint density at radius 1 is 1.11 bits per heavy atom. The molecule has 3 fully saturated rings. The maximum absolute atomic E-state index is 13.3. The van der Waals surface area contributed by atoms with Gasteiger partial charge in [0.2, 0.25) is 5.91 Å². The molecule has 1 saturated carbocycles. The summed E-state index contributed by atoms with van der Waals surface area (Å²) in [6.45, 7) is 7.93. The van der Waals surface area contributed by atoms with Crippen molar-refractivity contribution in [1.82, 2.24) is 14.7 Å². The minimum atomic E-state index is -1.29. The quantitative estimate of drug-likeness (QED) is 0.303. The number of hydrogen-bond donors (Lipinski definition) is 1. The van der Waals surface area contributed by atoms with Gasteiger partial charge in [-0.2, -0.15) is 0 Å². The summed E-state index contributed by atoms with van der Waals surface area (Å²) in [4.78, 5) is 54.9. The molecular weight excluding hydrogens is 506 g/mol. The molecule has 1 aliphatic carbocycles. The van der Waals surface area contributed by atoms with Crippen molar-refractivity contribution in [3.05, 3.63) is 29.3 Å². The van der Waals surface area contributed by atoms with Crippen LogP contribution in [0.1, 0.15) is 48.0 Å². The molecule has 1 unspecified atom stereocenters.